The predicted molar refractivity (Wildman–Crippen MR) is 92.4 cm³/mol. The van der Waals surface area contributed by atoms with Gasteiger partial charge in [-0.05, 0) is 37.9 Å². The Labute approximate surface area is 147 Å². The Hall–Kier alpha value is -1.17. The minimum atomic E-state index is -0.567. The number of piperidine rings is 1. The number of benzene rings is 1. The lowest BCUT2D eigenvalue weighted by atomic mass is 9.97. The average molecular weight is 364 g/mol. The summed E-state index contributed by atoms with van der Waals surface area (Å²) in [6.07, 6.45) is 6.64. The van der Waals surface area contributed by atoms with E-state index in [4.69, 9.17) is 0 Å². The molecule has 7 heteroatoms. The van der Waals surface area contributed by atoms with Gasteiger partial charge >= 0.3 is 0 Å². The van der Waals surface area contributed by atoms with Crippen LogP contribution in [0.3, 0.4) is 0 Å². The molecule has 3 nitrogen and oxygen atoms in total. The standard InChI is InChI=1S/C16H19F2N3.2ClH/c1-2-12-10-13(5-6-19-12)21-8-7-20-16(21)14-4-3-11(17)9-15(14)18;;/h3-4,7-9,12-13,19H,2,5-6,10H2,1H3;2*1H/t12-,13-;;/m1../s1. The third-order valence-electron chi connectivity index (χ3n) is 4.19. The van der Waals surface area contributed by atoms with E-state index in [1.165, 1.54) is 12.1 Å². The van der Waals surface area contributed by atoms with E-state index < -0.39 is 11.6 Å². The molecular weight excluding hydrogens is 343 g/mol. The van der Waals surface area contributed by atoms with Gasteiger partial charge in [0, 0.05) is 30.5 Å². The van der Waals surface area contributed by atoms with Gasteiger partial charge in [-0.3, -0.25) is 0 Å². The zero-order valence-electron chi connectivity index (χ0n) is 12.8. The molecule has 0 radical (unpaired) electrons. The van der Waals surface area contributed by atoms with Crippen LogP contribution in [-0.2, 0) is 0 Å². The van der Waals surface area contributed by atoms with Crippen molar-refractivity contribution in [2.24, 2.45) is 0 Å². The topological polar surface area (TPSA) is 29.9 Å². The molecule has 1 aromatic heterocycles. The van der Waals surface area contributed by atoms with Crippen molar-refractivity contribution < 1.29 is 8.78 Å². The molecule has 0 spiro atoms. The Morgan fingerprint density at radius 2 is 2.09 bits per heavy atom. The number of hydrogen-bond acceptors (Lipinski definition) is 2. The molecule has 0 saturated carbocycles. The largest absolute Gasteiger partial charge is 0.328 e. The van der Waals surface area contributed by atoms with Crippen molar-refractivity contribution in [1.82, 2.24) is 14.9 Å². The van der Waals surface area contributed by atoms with Crippen molar-refractivity contribution >= 4 is 24.8 Å². The second kappa shape index (κ2) is 8.62. The van der Waals surface area contributed by atoms with E-state index in [1.807, 2.05) is 10.8 Å². The van der Waals surface area contributed by atoms with Crippen LogP contribution < -0.4 is 5.32 Å². The van der Waals surface area contributed by atoms with Crippen LogP contribution in [0.4, 0.5) is 8.78 Å². The van der Waals surface area contributed by atoms with Crippen LogP contribution in [0.15, 0.2) is 30.6 Å². The lowest BCUT2D eigenvalue weighted by Gasteiger charge is -2.31. The summed E-state index contributed by atoms with van der Waals surface area (Å²) in [5, 5.41) is 3.48. The molecule has 2 aromatic rings. The summed E-state index contributed by atoms with van der Waals surface area (Å²) in [6, 6.07) is 4.43. The Kier molecular flexibility index (Phi) is 7.45. The molecular formula is C16H21Cl2F2N3. The van der Waals surface area contributed by atoms with Crippen LogP contribution in [0, 0.1) is 11.6 Å². The summed E-state index contributed by atoms with van der Waals surface area (Å²) in [5.41, 5.74) is 0.355. The first-order valence-corrected chi connectivity index (χ1v) is 7.40. The van der Waals surface area contributed by atoms with Gasteiger partial charge in [0.05, 0.1) is 5.56 Å². The highest BCUT2D eigenvalue weighted by Gasteiger charge is 2.24. The molecule has 0 amide bonds. The van der Waals surface area contributed by atoms with Gasteiger partial charge in [-0.15, -0.1) is 24.8 Å². The van der Waals surface area contributed by atoms with Crippen molar-refractivity contribution in [1.29, 1.82) is 0 Å². The van der Waals surface area contributed by atoms with Crippen molar-refractivity contribution in [2.75, 3.05) is 6.54 Å². The Bertz CT molecular complexity index is 634. The fraction of sp³-hybridized carbons (Fsp3) is 0.438. The maximum Gasteiger partial charge on any atom is 0.143 e. The number of aromatic nitrogens is 2. The van der Waals surface area contributed by atoms with Crippen LogP contribution in [0.5, 0.6) is 0 Å². The maximum atomic E-state index is 14.0. The zero-order valence-corrected chi connectivity index (χ0v) is 14.5. The lowest BCUT2D eigenvalue weighted by Crippen LogP contribution is -2.38. The van der Waals surface area contributed by atoms with Gasteiger partial charge in [-0.2, -0.15) is 0 Å². The summed E-state index contributed by atoms with van der Waals surface area (Å²) in [6.45, 7) is 3.11. The van der Waals surface area contributed by atoms with E-state index in [-0.39, 0.29) is 24.8 Å². The first-order valence-electron chi connectivity index (χ1n) is 7.40. The van der Waals surface area contributed by atoms with E-state index in [2.05, 4.69) is 17.2 Å². The second-order valence-electron chi connectivity index (χ2n) is 5.52. The first kappa shape index (κ1) is 19.9. The molecule has 0 unspecified atom stereocenters. The van der Waals surface area contributed by atoms with Gasteiger partial charge in [0.1, 0.15) is 17.5 Å². The third kappa shape index (κ3) is 4.22. The minimum absolute atomic E-state index is 0. The van der Waals surface area contributed by atoms with Gasteiger partial charge < -0.3 is 9.88 Å². The van der Waals surface area contributed by atoms with Crippen LogP contribution in [-0.4, -0.2) is 22.1 Å². The summed E-state index contributed by atoms with van der Waals surface area (Å²) >= 11 is 0. The Morgan fingerprint density at radius 3 is 2.78 bits per heavy atom. The molecule has 0 bridgehead atoms. The molecule has 1 aliphatic heterocycles. The molecule has 1 fully saturated rings. The van der Waals surface area contributed by atoms with E-state index in [0.29, 0.717) is 23.5 Å². The van der Waals surface area contributed by atoms with Gasteiger partial charge in [0.25, 0.3) is 0 Å². The molecule has 23 heavy (non-hydrogen) atoms. The van der Waals surface area contributed by atoms with Gasteiger partial charge in [0.2, 0.25) is 0 Å². The first-order chi connectivity index (χ1) is 10.2. The van der Waals surface area contributed by atoms with E-state index in [1.54, 1.807) is 6.20 Å². The number of rotatable bonds is 3. The van der Waals surface area contributed by atoms with Crippen LogP contribution in [0.1, 0.15) is 32.2 Å². The fourth-order valence-corrected chi connectivity index (χ4v) is 3.03. The second-order valence-corrected chi connectivity index (χ2v) is 5.52. The maximum absolute atomic E-state index is 14.0. The molecule has 0 aliphatic carbocycles. The van der Waals surface area contributed by atoms with Crippen molar-refractivity contribution in [3.63, 3.8) is 0 Å². The summed E-state index contributed by atoms with van der Waals surface area (Å²) in [5.74, 6) is -0.556. The van der Waals surface area contributed by atoms with Gasteiger partial charge in [0.15, 0.2) is 0 Å². The highest BCUT2D eigenvalue weighted by Crippen LogP contribution is 2.30. The molecule has 1 N–H and O–H groups in total. The molecule has 1 aliphatic rings. The van der Waals surface area contributed by atoms with E-state index in [9.17, 15) is 8.78 Å². The van der Waals surface area contributed by atoms with Crippen LogP contribution in [0.2, 0.25) is 0 Å². The van der Waals surface area contributed by atoms with E-state index in [0.717, 1.165) is 31.9 Å². The number of hydrogen-bond donors (Lipinski definition) is 1. The number of imidazole rings is 1. The Morgan fingerprint density at radius 1 is 1.30 bits per heavy atom. The molecule has 3 rings (SSSR count). The highest BCUT2D eigenvalue weighted by molar-refractivity contribution is 5.85. The lowest BCUT2D eigenvalue weighted by molar-refractivity contribution is 0.297. The molecule has 1 saturated heterocycles. The Balaban J connectivity index is 0.00000132. The molecule has 128 valence electrons. The normalized spacial score (nSPS) is 20.5. The molecule has 2 heterocycles. The number of nitrogens with one attached hydrogen (secondary N) is 1. The van der Waals surface area contributed by atoms with Gasteiger partial charge in [-0.25, -0.2) is 13.8 Å². The summed E-state index contributed by atoms with van der Waals surface area (Å²) in [7, 11) is 0. The van der Waals surface area contributed by atoms with Crippen molar-refractivity contribution in [3.05, 3.63) is 42.2 Å². The predicted octanol–water partition coefficient (Wildman–Crippen LogP) is 4.38. The third-order valence-corrected chi connectivity index (χ3v) is 4.19. The zero-order chi connectivity index (χ0) is 14.8. The van der Waals surface area contributed by atoms with Crippen molar-refractivity contribution in [2.45, 2.75) is 38.3 Å². The fourth-order valence-electron chi connectivity index (χ4n) is 3.03. The summed E-state index contributed by atoms with van der Waals surface area (Å²) < 4.78 is 29.1. The summed E-state index contributed by atoms with van der Waals surface area (Å²) in [4.78, 5) is 4.28. The minimum Gasteiger partial charge on any atom is -0.328 e. The van der Waals surface area contributed by atoms with Crippen LogP contribution >= 0.6 is 24.8 Å². The number of nitrogens with zero attached hydrogens (tertiary/aromatic N) is 2. The monoisotopic (exact) mass is 363 g/mol. The SMILES string of the molecule is CC[C@@H]1C[C@H](n2ccnc2-c2ccc(F)cc2F)CCN1.Cl.Cl. The van der Waals surface area contributed by atoms with Crippen LogP contribution in [0.25, 0.3) is 11.4 Å². The van der Waals surface area contributed by atoms with Crippen molar-refractivity contribution in [3.8, 4) is 11.4 Å². The highest BCUT2D eigenvalue weighted by atomic mass is 35.5. The molecule has 1 aromatic carbocycles. The van der Waals surface area contributed by atoms with E-state index >= 15 is 0 Å². The molecule has 2 atom stereocenters. The number of halogens is 4. The quantitative estimate of drug-likeness (QED) is 0.876. The average Bonchev–Trinajstić information content (AvgIpc) is 2.96. The van der Waals surface area contributed by atoms with Gasteiger partial charge in [-0.1, -0.05) is 6.92 Å². The smallest absolute Gasteiger partial charge is 0.143 e.